The molecule has 9 nitrogen and oxygen atoms in total. The molecule has 2 saturated carbocycles. The average molecular weight is 709 g/mol. The average Bonchev–Trinajstić information content (AvgIpc) is 3.81. The molecule has 53 heavy (non-hydrogen) atoms. The number of piperidine rings is 1. The Morgan fingerprint density at radius 1 is 1.00 bits per heavy atom. The van der Waals surface area contributed by atoms with E-state index >= 15 is 0 Å². The van der Waals surface area contributed by atoms with Gasteiger partial charge in [-0.1, -0.05) is 23.9 Å². The number of hydrogen-bond donors (Lipinski definition) is 2. The van der Waals surface area contributed by atoms with Crippen molar-refractivity contribution in [2.24, 2.45) is 11.8 Å². The highest BCUT2D eigenvalue weighted by atomic mass is 16.5. The van der Waals surface area contributed by atoms with Gasteiger partial charge in [0.15, 0.2) is 0 Å². The molecular weight excluding hydrogens is 661 g/mol. The zero-order chi connectivity index (χ0) is 36.9. The van der Waals surface area contributed by atoms with Crippen LogP contribution < -0.4 is 15.5 Å². The molecule has 1 saturated heterocycles. The zero-order valence-electron chi connectivity index (χ0n) is 31.0. The van der Waals surface area contributed by atoms with Gasteiger partial charge in [-0.2, -0.15) is 0 Å². The third-order valence-electron chi connectivity index (χ3n) is 12.1. The van der Waals surface area contributed by atoms with Gasteiger partial charge in [-0.25, -0.2) is 6.57 Å². The van der Waals surface area contributed by atoms with E-state index in [4.69, 9.17) is 11.1 Å². The maximum Gasteiger partial charge on any atom is 0.258 e. The smallest absolute Gasteiger partial charge is 0.258 e. The van der Waals surface area contributed by atoms with E-state index in [1.807, 2.05) is 26.0 Å². The van der Waals surface area contributed by atoms with Crippen molar-refractivity contribution in [1.82, 2.24) is 15.4 Å². The lowest BCUT2D eigenvalue weighted by atomic mass is 9.81. The number of amides is 2. The molecule has 2 amide bonds. The van der Waals surface area contributed by atoms with Crippen LogP contribution in [0.4, 0.5) is 17.1 Å². The van der Waals surface area contributed by atoms with Crippen LogP contribution in [0.3, 0.4) is 0 Å². The van der Waals surface area contributed by atoms with Gasteiger partial charge in [-0.15, -0.1) is 0 Å². The van der Waals surface area contributed by atoms with Crippen LogP contribution >= 0.6 is 0 Å². The lowest BCUT2D eigenvalue weighted by Crippen LogP contribution is -2.49. The summed E-state index contributed by atoms with van der Waals surface area (Å²) in [7, 11) is 0. The molecule has 2 aliphatic carbocycles. The summed E-state index contributed by atoms with van der Waals surface area (Å²) < 4.78 is 5.54. The number of carbonyl (C=O) groups is 2. The van der Waals surface area contributed by atoms with E-state index in [0.717, 1.165) is 102 Å². The van der Waals surface area contributed by atoms with Gasteiger partial charge < -0.3 is 29.8 Å². The van der Waals surface area contributed by atoms with Crippen molar-refractivity contribution in [2.45, 2.75) is 90.3 Å². The molecule has 2 aliphatic heterocycles. The van der Waals surface area contributed by atoms with E-state index in [1.54, 1.807) is 4.90 Å². The summed E-state index contributed by atoms with van der Waals surface area (Å²) >= 11 is 0. The number of anilines is 3. The summed E-state index contributed by atoms with van der Waals surface area (Å²) in [5, 5.41) is 10.7. The number of carbonyl (C=O) groups excluding carboxylic acids is 2. The zero-order valence-corrected chi connectivity index (χ0v) is 31.0. The summed E-state index contributed by atoms with van der Waals surface area (Å²) in [5.74, 6) is 1.73. The lowest BCUT2D eigenvalue weighted by Gasteiger charge is -2.35. The highest BCUT2D eigenvalue weighted by Gasteiger charge is 2.52. The van der Waals surface area contributed by atoms with Crippen LogP contribution in [-0.4, -0.2) is 41.0 Å². The van der Waals surface area contributed by atoms with Crippen molar-refractivity contribution in [3.8, 4) is 11.1 Å². The Kier molecular flexibility index (Phi) is 9.10. The van der Waals surface area contributed by atoms with Crippen molar-refractivity contribution in [3.05, 3.63) is 118 Å². The number of hydrogen-bond acceptors (Lipinski definition) is 6. The second kappa shape index (κ2) is 13.9. The molecule has 2 N–H and O–H groups in total. The van der Waals surface area contributed by atoms with Crippen molar-refractivity contribution in [1.29, 1.82) is 0 Å². The normalized spacial score (nSPS) is 21.9. The third-order valence-corrected chi connectivity index (χ3v) is 12.1. The van der Waals surface area contributed by atoms with Crippen LogP contribution in [-0.2, 0) is 16.9 Å². The Morgan fingerprint density at radius 2 is 1.75 bits per heavy atom. The molecule has 1 atom stereocenters. The molecule has 1 aromatic heterocycles. The minimum atomic E-state index is -0.447. The highest BCUT2D eigenvalue weighted by Crippen LogP contribution is 2.50. The number of aromatic nitrogens is 1. The van der Waals surface area contributed by atoms with Crippen molar-refractivity contribution in [2.75, 3.05) is 23.3 Å². The number of nitrogens with one attached hydrogen (secondary N) is 2. The standard InChI is InChI=1S/C44H48N6O3/c1-27-6-12-33(41-29(3)48-53-30(41)4)23-40(27)49(37-16-13-35(14-17-37)44(45-5)20-21-44)25-32-10-8-31(9-11-32)24-46-36-15-18-38-34(22-36)26-50(43(38)52)39-19-7-28(2)47-42(39)51/h6,12-18,22-23,31-32,39,46H,2,7-11,19-21,24-26H2,1,3-4H3,(H,47,51). The molecule has 3 fully saturated rings. The molecule has 0 radical (unpaired) electrons. The maximum atomic E-state index is 13.2. The van der Waals surface area contributed by atoms with Gasteiger partial charge in [0.1, 0.15) is 11.8 Å². The highest BCUT2D eigenvalue weighted by molar-refractivity contribution is 6.01. The van der Waals surface area contributed by atoms with Gasteiger partial charge in [-0.05, 0) is 136 Å². The van der Waals surface area contributed by atoms with E-state index in [2.05, 4.69) is 87.6 Å². The number of nitrogens with zero attached hydrogens (tertiary/aromatic N) is 4. The predicted molar refractivity (Wildman–Crippen MR) is 208 cm³/mol. The van der Waals surface area contributed by atoms with E-state index in [9.17, 15) is 9.59 Å². The van der Waals surface area contributed by atoms with Crippen LogP contribution in [0.5, 0.6) is 0 Å². The van der Waals surface area contributed by atoms with Gasteiger partial charge in [0.2, 0.25) is 5.91 Å². The molecular formula is C44H48N6O3. The second-order valence-electron chi connectivity index (χ2n) is 15.7. The summed E-state index contributed by atoms with van der Waals surface area (Å²) in [6.45, 7) is 20.0. The van der Waals surface area contributed by atoms with E-state index in [0.29, 0.717) is 36.8 Å². The van der Waals surface area contributed by atoms with Crippen LogP contribution in [0.2, 0.25) is 0 Å². The van der Waals surface area contributed by atoms with Crippen molar-refractivity contribution < 1.29 is 14.1 Å². The fourth-order valence-corrected chi connectivity index (χ4v) is 8.73. The first-order chi connectivity index (χ1) is 25.6. The fraction of sp³-hybridized carbons (Fsp3) is 0.409. The molecule has 3 aromatic carbocycles. The molecule has 1 unspecified atom stereocenters. The Bertz CT molecular complexity index is 2100. The minimum Gasteiger partial charge on any atom is -0.385 e. The first-order valence-corrected chi connectivity index (χ1v) is 19.1. The number of rotatable bonds is 10. The van der Waals surface area contributed by atoms with E-state index in [1.165, 1.54) is 11.3 Å². The molecule has 4 aliphatic rings. The Morgan fingerprint density at radius 3 is 2.43 bits per heavy atom. The predicted octanol–water partition coefficient (Wildman–Crippen LogP) is 8.98. The van der Waals surface area contributed by atoms with Gasteiger partial charge in [0.05, 0.1) is 5.69 Å². The lowest BCUT2D eigenvalue weighted by molar-refractivity contribution is -0.126. The molecule has 3 heterocycles. The molecule has 9 heteroatoms. The Labute approximate surface area is 312 Å². The number of aryl methyl sites for hydroxylation is 3. The van der Waals surface area contributed by atoms with Gasteiger partial charge in [0, 0.05) is 71.9 Å². The van der Waals surface area contributed by atoms with Crippen molar-refractivity contribution >= 4 is 28.9 Å². The van der Waals surface area contributed by atoms with Crippen LogP contribution in [0.1, 0.15) is 89.9 Å². The number of benzene rings is 3. The Hall–Kier alpha value is -5.36. The first-order valence-electron chi connectivity index (χ1n) is 19.1. The van der Waals surface area contributed by atoms with Crippen LogP contribution in [0, 0.1) is 39.2 Å². The maximum absolute atomic E-state index is 13.2. The Balaban J connectivity index is 0.937. The number of fused-ring (bicyclic) bond motifs is 1. The summed E-state index contributed by atoms with van der Waals surface area (Å²) in [4.78, 5) is 34.0. The van der Waals surface area contributed by atoms with Crippen LogP contribution in [0.25, 0.3) is 16.0 Å². The van der Waals surface area contributed by atoms with Gasteiger partial charge >= 0.3 is 0 Å². The third kappa shape index (κ3) is 6.72. The summed E-state index contributed by atoms with van der Waals surface area (Å²) in [6, 6.07) is 21.0. The van der Waals surface area contributed by atoms with Gasteiger partial charge in [-0.3, -0.25) is 9.59 Å². The molecule has 272 valence electrons. The first kappa shape index (κ1) is 34.7. The topological polar surface area (TPSA) is 95.1 Å². The molecule has 0 bridgehead atoms. The van der Waals surface area contributed by atoms with E-state index in [-0.39, 0.29) is 17.4 Å². The van der Waals surface area contributed by atoms with Crippen LogP contribution in [0.15, 0.2) is 77.5 Å². The largest absolute Gasteiger partial charge is 0.385 e. The summed E-state index contributed by atoms with van der Waals surface area (Å²) in [5.41, 5.74) is 10.8. The van der Waals surface area contributed by atoms with E-state index < -0.39 is 6.04 Å². The second-order valence-corrected chi connectivity index (χ2v) is 15.7. The monoisotopic (exact) mass is 708 g/mol. The SMILES string of the molecule is [C-]#[N+]C1(c2ccc(N(CC3CCC(CNc4ccc5c(c4)CN(C4CCC(=C)NC4=O)C5=O)CC3)c3cc(-c4c(C)noc4C)ccc3C)cc2)CC1. The number of allylic oxidation sites excluding steroid dienone is 1. The molecule has 8 rings (SSSR count). The fourth-order valence-electron chi connectivity index (χ4n) is 8.73. The van der Waals surface area contributed by atoms with Gasteiger partial charge in [0.25, 0.3) is 11.4 Å². The van der Waals surface area contributed by atoms with Crippen molar-refractivity contribution in [3.63, 3.8) is 0 Å². The minimum absolute atomic E-state index is 0.0663. The molecule has 4 aromatic rings. The molecule has 0 spiro atoms. The quantitative estimate of drug-likeness (QED) is 0.160. The summed E-state index contributed by atoms with van der Waals surface area (Å²) in [6.07, 6.45) is 7.78.